The van der Waals surface area contributed by atoms with Crippen molar-refractivity contribution in [2.45, 2.75) is 38.0 Å². The van der Waals surface area contributed by atoms with Crippen LogP contribution < -0.4 is 10.2 Å². The number of carbonyl (C=O) groups excluding carboxylic acids is 1. The van der Waals surface area contributed by atoms with Gasteiger partial charge in [0.2, 0.25) is 11.8 Å². The molecule has 0 saturated carbocycles. The number of fused-ring (bicyclic) bond motifs is 3. The van der Waals surface area contributed by atoms with Crippen LogP contribution >= 0.6 is 0 Å². The predicted octanol–water partition coefficient (Wildman–Crippen LogP) is 1.50. The van der Waals surface area contributed by atoms with Gasteiger partial charge in [-0.2, -0.15) is 9.61 Å². The lowest BCUT2D eigenvalue weighted by Gasteiger charge is -2.42. The monoisotopic (exact) mass is 404 g/mol. The van der Waals surface area contributed by atoms with Crippen molar-refractivity contribution in [3.8, 4) is 0 Å². The molecule has 2 fully saturated rings. The number of alkyl halides is 2. The van der Waals surface area contributed by atoms with Crippen LogP contribution in [0.4, 0.5) is 14.6 Å². The van der Waals surface area contributed by atoms with Crippen molar-refractivity contribution in [1.29, 1.82) is 0 Å². The molecule has 7 nitrogen and oxygen atoms in total. The van der Waals surface area contributed by atoms with Gasteiger partial charge >= 0.3 is 0 Å². The molecule has 1 N–H and O–H groups in total. The molecule has 5 rings (SSSR count). The smallest absolute Gasteiger partial charge is 0.249 e. The SMILES string of the molecule is O=C(C1CN(c2c3c(c4nccnn24)CCNCC3)C1)N1CCCC(F)(F)CC1. The van der Waals surface area contributed by atoms with E-state index < -0.39 is 5.92 Å². The molecule has 5 heterocycles. The molecule has 2 aromatic rings. The normalized spacial score (nSPS) is 22.7. The van der Waals surface area contributed by atoms with Gasteiger partial charge in [-0.15, -0.1) is 0 Å². The Kier molecular flexibility index (Phi) is 4.64. The van der Waals surface area contributed by atoms with Crippen molar-refractivity contribution in [3.05, 3.63) is 23.5 Å². The lowest BCUT2D eigenvalue weighted by Crippen LogP contribution is -2.55. The molecule has 0 unspecified atom stereocenters. The molecule has 0 spiro atoms. The molecular weight excluding hydrogens is 378 g/mol. The quantitative estimate of drug-likeness (QED) is 0.822. The number of rotatable bonds is 2. The number of carbonyl (C=O) groups is 1. The Hall–Kier alpha value is -2.29. The molecule has 0 aromatic carbocycles. The summed E-state index contributed by atoms with van der Waals surface area (Å²) in [6, 6.07) is 0. The van der Waals surface area contributed by atoms with Crippen molar-refractivity contribution in [2.24, 2.45) is 5.92 Å². The standard InChI is InChI=1S/C20H26F2N6O/c21-20(22)4-1-10-26(11-5-20)19(29)14-12-27(13-14)18-16-3-7-23-6-2-15(16)17-24-8-9-25-28(17)18/h8-9,14,23H,1-7,10-13H2. The zero-order valence-electron chi connectivity index (χ0n) is 16.4. The van der Waals surface area contributed by atoms with Gasteiger partial charge in [-0.1, -0.05) is 0 Å². The Morgan fingerprint density at radius 2 is 1.90 bits per heavy atom. The average molecular weight is 404 g/mol. The van der Waals surface area contributed by atoms with E-state index in [1.165, 1.54) is 11.1 Å². The van der Waals surface area contributed by atoms with Crippen LogP contribution in [0.5, 0.6) is 0 Å². The second-order valence-electron chi connectivity index (χ2n) is 8.35. The summed E-state index contributed by atoms with van der Waals surface area (Å²) in [4.78, 5) is 21.3. The second-order valence-corrected chi connectivity index (χ2v) is 8.35. The van der Waals surface area contributed by atoms with Gasteiger partial charge in [0.1, 0.15) is 5.82 Å². The number of amides is 1. The van der Waals surface area contributed by atoms with Crippen LogP contribution in [0.1, 0.15) is 30.4 Å². The predicted molar refractivity (Wildman–Crippen MR) is 104 cm³/mol. The van der Waals surface area contributed by atoms with Gasteiger partial charge in [-0.3, -0.25) is 4.79 Å². The number of anilines is 1. The largest absolute Gasteiger partial charge is 0.355 e. The highest BCUT2D eigenvalue weighted by Crippen LogP contribution is 2.36. The summed E-state index contributed by atoms with van der Waals surface area (Å²) in [6.07, 6.45) is 5.25. The number of nitrogens with zero attached hydrogens (tertiary/aromatic N) is 5. The Balaban J connectivity index is 1.34. The van der Waals surface area contributed by atoms with Gasteiger partial charge in [0.15, 0.2) is 5.65 Å². The summed E-state index contributed by atoms with van der Waals surface area (Å²) in [5.41, 5.74) is 3.40. The minimum atomic E-state index is -2.64. The maximum absolute atomic E-state index is 13.6. The summed E-state index contributed by atoms with van der Waals surface area (Å²) in [6.45, 7) is 3.63. The number of nitrogens with one attached hydrogen (secondary N) is 1. The third kappa shape index (κ3) is 3.35. The van der Waals surface area contributed by atoms with Gasteiger partial charge in [0.25, 0.3) is 0 Å². The lowest BCUT2D eigenvalue weighted by atomic mass is 9.96. The highest BCUT2D eigenvalue weighted by Gasteiger charge is 2.40. The lowest BCUT2D eigenvalue weighted by molar-refractivity contribution is -0.136. The van der Waals surface area contributed by atoms with Gasteiger partial charge in [-0.25, -0.2) is 13.8 Å². The fraction of sp³-hybridized carbons (Fsp3) is 0.650. The van der Waals surface area contributed by atoms with Gasteiger partial charge in [0, 0.05) is 56.3 Å². The average Bonchev–Trinajstić information content (AvgIpc) is 2.85. The summed E-state index contributed by atoms with van der Waals surface area (Å²) >= 11 is 0. The van der Waals surface area contributed by atoms with Crippen LogP contribution in [0, 0.1) is 5.92 Å². The first kappa shape index (κ1) is 18.7. The third-order valence-electron chi connectivity index (χ3n) is 6.41. The van der Waals surface area contributed by atoms with Gasteiger partial charge in [0.05, 0.1) is 12.1 Å². The minimum Gasteiger partial charge on any atom is -0.355 e. The number of hydrogen-bond acceptors (Lipinski definition) is 5. The Bertz CT molecular complexity index is 923. The van der Waals surface area contributed by atoms with E-state index in [2.05, 4.69) is 20.3 Å². The van der Waals surface area contributed by atoms with Gasteiger partial charge in [-0.05, 0) is 32.4 Å². The van der Waals surface area contributed by atoms with Crippen molar-refractivity contribution in [1.82, 2.24) is 24.8 Å². The molecule has 0 bridgehead atoms. The van der Waals surface area contributed by atoms with Crippen molar-refractivity contribution in [2.75, 3.05) is 44.2 Å². The van der Waals surface area contributed by atoms with Crippen LogP contribution in [0.3, 0.4) is 0 Å². The van der Waals surface area contributed by atoms with Crippen LogP contribution in [-0.4, -0.2) is 70.6 Å². The van der Waals surface area contributed by atoms with E-state index in [0.717, 1.165) is 37.4 Å². The van der Waals surface area contributed by atoms with Crippen LogP contribution in [0.25, 0.3) is 5.65 Å². The molecule has 9 heteroatoms. The number of aromatic nitrogens is 3. The maximum Gasteiger partial charge on any atom is 0.249 e. The summed E-state index contributed by atoms with van der Waals surface area (Å²) < 4.78 is 29.1. The Morgan fingerprint density at radius 3 is 2.72 bits per heavy atom. The first-order chi connectivity index (χ1) is 14.0. The molecule has 2 aromatic heterocycles. The Labute approximate surface area is 168 Å². The molecule has 29 heavy (non-hydrogen) atoms. The number of likely N-dealkylation sites (tertiary alicyclic amines) is 1. The molecule has 156 valence electrons. The Morgan fingerprint density at radius 1 is 1.10 bits per heavy atom. The van der Waals surface area contributed by atoms with Crippen molar-refractivity contribution < 1.29 is 13.6 Å². The van der Waals surface area contributed by atoms with E-state index in [0.29, 0.717) is 26.1 Å². The third-order valence-corrected chi connectivity index (χ3v) is 6.41. The molecular formula is C20H26F2N6O. The number of halogens is 2. The fourth-order valence-corrected chi connectivity index (χ4v) is 4.82. The zero-order chi connectivity index (χ0) is 20.0. The van der Waals surface area contributed by atoms with Crippen LogP contribution in [0.2, 0.25) is 0 Å². The molecule has 1 amide bonds. The molecule has 0 aliphatic carbocycles. The van der Waals surface area contributed by atoms with E-state index in [1.807, 2.05) is 4.52 Å². The van der Waals surface area contributed by atoms with Gasteiger partial charge < -0.3 is 15.1 Å². The molecule has 3 aliphatic heterocycles. The number of hydrogen-bond donors (Lipinski definition) is 1. The minimum absolute atomic E-state index is 0.0126. The molecule has 2 saturated heterocycles. The molecule has 0 atom stereocenters. The van der Waals surface area contributed by atoms with Crippen LogP contribution in [0.15, 0.2) is 12.4 Å². The van der Waals surface area contributed by atoms with E-state index in [-0.39, 0.29) is 31.2 Å². The zero-order valence-corrected chi connectivity index (χ0v) is 16.4. The van der Waals surface area contributed by atoms with Crippen molar-refractivity contribution >= 4 is 17.4 Å². The van der Waals surface area contributed by atoms with Crippen LogP contribution in [-0.2, 0) is 17.6 Å². The summed E-state index contributed by atoms with van der Waals surface area (Å²) in [5.74, 6) is -1.73. The fourth-order valence-electron chi connectivity index (χ4n) is 4.82. The highest BCUT2D eigenvalue weighted by atomic mass is 19.3. The molecule has 3 aliphatic rings. The topological polar surface area (TPSA) is 65.8 Å². The first-order valence-electron chi connectivity index (χ1n) is 10.5. The first-order valence-corrected chi connectivity index (χ1v) is 10.5. The van der Waals surface area contributed by atoms with E-state index in [1.54, 1.807) is 17.3 Å². The summed E-state index contributed by atoms with van der Waals surface area (Å²) in [7, 11) is 0. The van der Waals surface area contributed by atoms with E-state index >= 15 is 0 Å². The van der Waals surface area contributed by atoms with E-state index in [4.69, 9.17) is 0 Å². The molecule has 0 radical (unpaired) electrons. The van der Waals surface area contributed by atoms with Crippen molar-refractivity contribution in [3.63, 3.8) is 0 Å². The highest BCUT2D eigenvalue weighted by molar-refractivity contribution is 5.82. The second kappa shape index (κ2) is 7.19. The maximum atomic E-state index is 13.6. The van der Waals surface area contributed by atoms with E-state index in [9.17, 15) is 13.6 Å². The summed E-state index contributed by atoms with van der Waals surface area (Å²) in [5, 5.41) is 7.95.